The molecule has 0 aromatic carbocycles. The molecular formula is C12H19NO2S. The second-order valence-corrected chi connectivity index (χ2v) is 5.39. The Bertz CT molecular complexity index is 334. The van der Waals surface area contributed by atoms with Crippen molar-refractivity contribution in [3.63, 3.8) is 0 Å². The van der Waals surface area contributed by atoms with E-state index in [9.17, 15) is 0 Å². The molecule has 1 aliphatic heterocycles. The van der Waals surface area contributed by atoms with Crippen LogP contribution in [0, 0.1) is 6.92 Å². The fraction of sp³-hybridized carbons (Fsp3) is 0.667. The Morgan fingerprint density at radius 1 is 1.56 bits per heavy atom. The first-order chi connectivity index (χ1) is 7.79. The van der Waals surface area contributed by atoms with E-state index in [1.54, 1.807) is 0 Å². The first kappa shape index (κ1) is 12.0. The highest BCUT2D eigenvalue weighted by Gasteiger charge is 2.19. The molecule has 1 aromatic rings. The molecule has 0 amide bonds. The van der Waals surface area contributed by atoms with Gasteiger partial charge < -0.3 is 14.8 Å². The second-order valence-electron chi connectivity index (χ2n) is 4.04. The monoisotopic (exact) mass is 241 g/mol. The van der Waals surface area contributed by atoms with Gasteiger partial charge in [-0.25, -0.2) is 0 Å². The third-order valence-electron chi connectivity index (χ3n) is 2.70. The summed E-state index contributed by atoms with van der Waals surface area (Å²) in [6.07, 6.45) is 0.316. The van der Waals surface area contributed by atoms with E-state index < -0.39 is 0 Å². The zero-order valence-electron chi connectivity index (χ0n) is 9.91. The molecule has 0 saturated carbocycles. The second kappa shape index (κ2) is 5.77. The lowest BCUT2D eigenvalue weighted by molar-refractivity contribution is -0.135. The van der Waals surface area contributed by atoms with Crippen LogP contribution in [0.2, 0.25) is 0 Å². The van der Waals surface area contributed by atoms with Crippen molar-refractivity contribution in [2.45, 2.75) is 33.1 Å². The van der Waals surface area contributed by atoms with E-state index in [1.807, 2.05) is 11.3 Å². The van der Waals surface area contributed by atoms with Crippen molar-refractivity contribution in [2.24, 2.45) is 0 Å². The van der Waals surface area contributed by atoms with Crippen molar-refractivity contribution in [1.82, 2.24) is 5.32 Å². The summed E-state index contributed by atoms with van der Waals surface area (Å²) in [5, 5.41) is 3.34. The number of aryl methyl sites for hydroxylation is 1. The molecule has 1 aliphatic rings. The molecule has 90 valence electrons. The summed E-state index contributed by atoms with van der Waals surface area (Å²) in [6, 6.07) is 2.25. The molecule has 16 heavy (non-hydrogen) atoms. The summed E-state index contributed by atoms with van der Waals surface area (Å²) >= 11 is 1.86. The van der Waals surface area contributed by atoms with Crippen LogP contribution in [-0.2, 0) is 22.6 Å². The van der Waals surface area contributed by atoms with Gasteiger partial charge in [0.05, 0.1) is 19.8 Å². The fourth-order valence-corrected chi connectivity index (χ4v) is 2.60. The quantitative estimate of drug-likeness (QED) is 0.827. The predicted octanol–water partition coefficient (Wildman–Crippen LogP) is 2.08. The van der Waals surface area contributed by atoms with E-state index in [-0.39, 0.29) is 0 Å². The van der Waals surface area contributed by atoms with Gasteiger partial charge in [-0.15, -0.1) is 11.3 Å². The summed E-state index contributed by atoms with van der Waals surface area (Å²) < 4.78 is 10.8. The molecule has 1 N–H and O–H groups in total. The van der Waals surface area contributed by atoms with Crippen LogP contribution in [0.1, 0.15) is 22.2 Å². The Kier molecular flexibility index (Phi) is 4.35. The van der Waals surface area contributed by atoms with E-state index in [2.05, 4.69) is 25.2 Å². The standard InChI is InChI=1S/C12H19NO2S/c1-3-13-5-12-4-10(9(2)16-12)6-15-11-7-14-8-11/h4,11,13H,3,5-8H2,1-2H3. The van der Waals surface area contributed by atoms with Crippen LogP contribution in [0.5, 0.6) is 0 Å². The third-order valence-corrected chi connectivity index (χ3v) is 3.80. The molecule has 0 radical (unpaired) electrons. The van der Waals surface area contributed by atoms with Crippen LogP contribution in [0.4, 0.5) is 0 Å². The predicted molar refractivity (Wildman–Crippen MR) is 65.8 cm³/mol. The summed E-state index contributed by atoms with van der Waals surface area (Å²) in [7, 11) is 0. The summed E-state index contributed by atoms with van der Waals surface area (Å²) in [5.41, 5.74) is 1.32. The molecule has 0 spiro atoms. The summed E-state index contributed by atoms with van der Waals surface area (Å²) in [4.78, 5) is 2.76. The minimum Gasteiger partial charge on any atom is -0.376 e. The molecule has 1 aromatic heterocycles. The average molecular weight is 241 g/mol. The molecule has 0 aliphatic carbocycles. The van der Waals surface area contributed by atoms with Gasteiger partial charge in [0.15, 0.2) is 0 Å². The molecule has 0 bridgehead atoms. The first-order valence-corrected chi connectivity index (χ1v) is 6.59. The SMILES string of the molecule is CCNCc1cc(COC2COC2)c(C)s1. The highest BCUT2D eigenvalue weighted by molar-refractivity contribution is 7.12. The zero-order valence-corrected chi connectivity index (χ0v) is 10.7. The van der Waals surface area contributed by atoms with Crippen molar-refractivity contribution in [2.75, 3.05) is 19.8 Å². The van der Waals surface area contributed by atoms with Crippen molar-refractivity contribution < 1.29 is 9.47 Å². The summed E-state index contributed by atoms with van der Waals surface area (Å²) in [6.45, 7) is 8.51. The lowest BCUT2D eigenvalue weighted by Crippen LogP contribution is -2.35. The van der Waals surface area contributed by atoms with Gasteiger partial charge in [0.25, 0.3) is 0 Å². The van der Waals surface area contributed by atoms with Crippen LogP contribution in [0.15, 0.2) is 6.07 Å². The topological polar surface area (TPSA) is 30.5 Å². The highest BCUT2D eigenvalue weighted by Crippen LogP contribution is 2.23. The molecule has 0 unspecified atom stereocenters. The zero-order chi connectivity index (χ0) is 11.4. The number of hydrogen-bond acceptors (Lipinski definition) is 4. The molecule has 3 nitrogen and oxygen atoms in total. The van der Waals surface area contributed by atoms with Crippen molar-refractivity contribution in [3.8, 4) is 0 Å². The highest BCUT2D eigenvalue weighted by atomic mass is 32.1. The van der Waals surface area contributed by atoms with Crippen LogP contribution >= 0.6 is 11.3 Å². The van der Waals surface area contributed by atoms with Crippen LogP contribution in [0.25, 0.3) is 0 Å². The van der Waals surface area contributed by atoms with E-state index in [4.69, 9.17) is 9.47 Å². The lowest BCUT2D eigenvalue weighted by Gasteiger charge is -2.25. The molecule has 4 heteroatoms. The Morgan fingerprint density at radius 3 is 3.00 bits per heavy atom. The van der Waals surface area contributed by atoms with Gasteiger partial charge in [-0.1, -0.05) is 6.92 Å². The molecule has 1 fully saturated rings. The maximum absolute atomic E-state index is 5.72. The number of ether oxygens (including phenoxy) is 2. The Labute approximate surface area is 101 Å². The number of thiophene rings is 1. The number of nitrogens with one attached hydrogen (secondary N) is 1. The van der Waals surface area contributed by atoms with Gasteiger partial charge in [-0.2, -0.15) is 0 Å². The third kappa shape index (κ3) is 3.04. The minimum absolute atomic E-state index is 0.316. The molecule has 1 saturated heterocycles. The Hall–Kier alpha value is -0.420. The maximum atomic E-state index is 5.72. The number of hydrogen-bond donors (Lipinski definition) is 1. The van der Waals surface area contributed by atoms with Gasteiger partial charge in [-0.05, 0) is 25.1 Å². The molecule has 2 rings (SSSR count). The maximum Gasteiger partial charge on any atom is 0.105 e. The van der Waals surface area contributed by atoms with E-state index in [0.717, 1.165) is 32.9 Å². The van der Waals surface area contributed by atoms with E-state index in [1.165, 1.54) is 15.3 Å². The summed E-state index contributed by atoms with van der Waals surface area (Å²) in [5.74, 6) is 0. The van der Waals surface area contributed by atoms with E-state index >= 15 is 0 Å². The van der Waals surface area contributed by atoms with Gasteiger partial charge in [0.1, 0.15) is 6.10 Å². The van der Waals surface area contributed by atoms with Crippen LogP contribution < -0.4 is 5.32 Å². The van der Waals surface area contributed by atoms with Crippen LogP contribution in [-0.4, -0.2) is 25.9 Å². The Morgan fingerprint density at radius 2 is 2.38 bits per heavy atom. The minimum atomic E-state index is 0.316. The van der Waals surface area contributed by atoms with Crippen molar-refractivity contribution in [3.05, 3.63) is 21.4 Å². The normalized spacial score (nSPS) is 16.4. The molecular weight excluding hydrogens is 222 g/mol. The van der Waals surface area contributed by atoms with Crippen molar-refractivity contribution in [1.29, 1.82) is 0 Å². The first-order valence-electron chi connectivity index (χ1n) is 5.78. The largest absolute Gasteiger partial charge is 0.376 e. The van der Waals surface area contributed by atoms with Crippen LogP contribution in [0.3, 0.4) is 0 Å². The van der Waals surface area contributed by atoms with Crippen molar-refractivity contribution >= 4 is 11.3 Å². The van der Waals surface area contributed by atoms with E-state index in [0.29, 0.717) is 6.10 Å². The molecule has 2 heterocycles. The smallest absolute Gasteiger partial charge is 0.105 e. The average Bonchev–Trinajstić information content (AvgIpc) is 2.54. The molecule has 0 atom stereocenters. The fourth-order valence-electron chi connectivity index (χ4n) is 1.58. The van der Waals surface area contributed by atoms with Gasteiger partial charge in [0, 0.05) is 16.3 Å². The number of rotatable bonds is 6. The van der Waals surface area contributed by atoms with Gasteiger partial charge >= 0.3 is 0 Å². The van der Waals surface area contributed by atoms with Gasteiger partial charge in [0.2, 0.25) is 0 Å². The van der Waals surface area contributed by atoms with Gasteiger partial charge in [-0.3, -0.25) is 0 Å². The Balaban J connectivity index is 1.84. The lowest BCUT2D eigenvalue weighted by atomic mass is 10.2.